The molecule has 0 atom stereocenters. The lowest BCUT2D eigenvalue weighted by Gasteiger charge is -2.08. The summed E-state index contributed by atoms with van der Waals surface area (Å²) in [5.74, 6) is 0. The Morgan fingerprint density at radius 3 is 2.56 bits per heavy atom. The molecule has 1 heterocycles. The van der Waals surface area contributed by atoms with Crippen molar-refractivity contribution in [3.8, 4) is 11.3 Å². The number of nitrogens with zero attached hydrogens (tertiary/aromatic N) is 2. The molecule has 0 saturated carbocycles. The van der Waals surface area contributed by atoms with E-state index in [-0.39, 0.29) is 5.56 Å². The van der Waals surface area contributed by atoms with Crippen LogP contribution in [-0.2, 0) is 13.6 Å². The lowest BCUT2D eigenvalue weighted by atomic mass is 10.1. The van der Waals surface area contributed by atoms with E-state index in [4.69, 9.17) is 5.73 Å². The third kappa shape index (κ3) is 2.47. The lowest BCUT2D eigenvalue weighted by molar-refractivity contribution is 0.704. The van der Waals surface area contributed by atoms with E-state index in [2.05, 4.69) is 5.10 Å². The molecule has 2 rings (SSSR count). The first-order valence-corrected chi connectivity index (χ1v) is 6.80. The van der Waals surface area contributed by atoms with Gasteiger partial charge < -0.3 is 5.73 Å². The number of nitrogens with two attached hydrogens (primary N) is 1. The molecule has 0 unspecified atom stereocenters. The van der Waals surface area contributed by atoms with Crippen molar-refractivity contribution in [1.29, 1.82) is 0 Å². The van der Waals surface area contributed by atoms with E-state index in [9.17, 15) is 4.79 Å². The highest BCUT2D eigenvalue weighted by molar-refractivity contribution is 7.98. The lowest BCUT2D eigenvalue weighted by Crippen LogP contribution is -2.21. The van der Waals surface area contributed by atoms with E-state index in [0.717, 1.165) is 16.8 Å². The number of aryl methyl sites for hydroxylation is 1. The van der Waals surface area contributed by atoms with E-state index in [0.29, 0.717) is 6.54 Å². The van der Waals surface area contributed by atoms with Crippen LogP contribution in [-0.4, -0.2) is 16.0 Å². The molecule has 5 heteroatoms. The molecule has 0 aliphatic heterocycles. The molecule has 94 valence electrons. The van der Waals surface area contributed by atoms with Gasteiger partial charge in [0.05, 0.1) is 5.69 Å². The molecule has 1 aromatic heterocycles. The van der Waals surface area contributed by atoms with Gasteiger partial charge in [0.25, 0.3) is 5.56 Å². The SMILES string of the molecule is CSc1ccc(-c2nn(C)c(=O)cc2CN)cc1. The summed E-state index contributed by atoms with van der Waals surface area (Å²) < 4.78 is 1.33. The molecule has 4 nitrogen and oxygen atoms in total. The molecule has 1 aromatic carbocycles. The van der Waals surface area contributed by atoms with Gasteiger partial charge in [-0.1, -0.05) is 12.1 Å². The van der Waals surface area contributed by atoms with Gasteiger partial charge in [0.2, 0.25) is 0 Å². The summed E-state index contributed by atoms with van der Waals surface area (Å²) in [5, 5.41) is 4.29. The van der Waals surface area contributed by atoms with Crippen LogP contribution in [0.3, 0.4) is 0 Å². The zero-order valence-electron chi connectivity index (χ0n) is 10.4. The normalized spacial score (nSPS) is 10.6. The van der Waals surface area contributed by atoms with Crippen LogP contribution < -0.4 is 11.3 Å². The summed E-state index contributed by atoms with van der Waals surface area (Å²) in [5.41, 5.74) is 8.05. The minimum atomic E-state index is -0.139. The summed E-state index contributed by atoms with van der Waals surface area (Å²) in [6, 6.07) is 9.61. The molecule has 0 radical (unpaired) electrons. The summed E-state index contributed by atoms with van der Waals surface area (Å²) >= 11 is 1.69. The van der Waals surface area contributed by atoms with Gasteiger partial charge >= 0.3 is 0 Å². The van der Waals surface area contributed by atoms with Gasteiger partial charge in [0.15, 0.2) is 0 Å². The zero-order chi connectivity index (χ0) is 13.1. The smallest absolute Gasteiger partial charge is 0.266 e. The maximum absolute atomic E-state index is 11.5. The monoisotopic (exact) mass is 261 g/mol. The molecule has 0 saturated heterocycles. The van der Waals surface area contributed by atoms with Crippen molar-refractivity contribution < 1.29 is 0 Å². The maximum atomic E-state index is 11.5. The first-order chi connectivity index (χ1) is 8.65. The molecule has 0 spiro atoms. The minimum Gasteiger partial charge on any atom is -0.326 e. The number of hydrogen-bond donors (Lipinski definition) is 1. The molecule has 0 fully saturated rings. The van der Waals surface area contributed by atoms with Gasteiger partial charge in [-0.05, 0) is 24.0 Å². The predicted molar refractivity (Wildman–Crippen MR) is 74.6 cm³/mol. The Kier molecular flexibility index (Phi) is 3.84. The Balaban J connectivity index is 2.54. The van der Waals surface area contributed by atoms with Crippen LogP contribution in [0.5, 0.6) is 0 Å². The fourth-order valence-corrected chi connectivity index (χ4v) is 2.13. The Bertz CT molecular complexity index is 605. The van der Waals surface area contributed by atoms with E-state index in [1.54, 1.807) is 24.9 Å². The predicted octanol–water partition coefficient (Wildman–Crippen LogP) is 1.63. The van der Waals surface area contributed by atoms with Gasteiger partial charge in [-0.2, -0.15) is 5.10 Å². The van der Waals surface area contributed by atoms with Crippen LogP contribution in [0.2, 0.25) is 0 Å². The van der Waals surface area contributed by atoms with Crippen LogP contribution in [0, 0.1) is 0 Å². The van der Waals surface area contributed by atoms with Crippen molar-refractivity contribution in [2.24, 2.45) is 12.8 Å². The van der Waals surface area contributed by atoms with Crippen molar-refractivity contribution in [3.63, 3.8) is 0 Å². The molecule has 18 heavy (non-hydrogen) atoms. The second-order valence-electron chi connectivity index (χ2n) is 3.91. The topological polar surface area (TPSA) is 60.9 Å². The van der Waals surface area contributed by atoms with E-state index < -0.39 is 0 Å². The second-order valence-corrected chi connectivity index (χ2v) is 4.79. The molecule has 0 amide bonds. The summed E-state index contributed by atoms with van der Waals surface area (Å²) in [6.07, 6.45) is 2.03. The van der Waals surface area contributed by atoms with Crippen LogP contribution in [0.1, 0.15) is 5.56 Å². The van der Waals surface area contributed by atoms with Gasteiger partial charge in [-0.15, -0.1) is 11.8 Å². The fourth-order valence-electron chi connectivity index (χ4n) is 1.72. The van der Waals surface area contributed by atoms with Crippen molar-refractivity contribution in [1.82, 2.24) is 9.78 Å². The highest BCUT2D eigenvalue weighted by Crippen LogP contribution is 2.23. The molecule has 0 bridgehead atoms. The number of thioether (sulfide) groups is 1. The molecule has 2 aromatic rings. The summed E-state index contributed by atoms with van der Waals surface area (Å²) in [6.45, 7) is 0.308. The fraction of sp³-hybridized carbons (Fsp3) is 0.231. The van der Waals surface area contributed by atoms with Crippen molar-refractivity contribution >= 4 is 11.8 Å². The third-order valence-corrected chi connectivity index (χ3v) is 3.50. The minimum absolute atomic E-state index is 0.139. The largest absolute Gasteiger partial charge is 0.326 e. The molecular formula is C13H15N3OS. The van der Waals surface area contributed by atoms with Gasteiger partial charge in [0.1, 0.15) is 0 Å². The van der Waals surface area contributed by atoms with Crippen molar-refractivity contribution in [3.05, 3.63) is 46.2 Å². The molecular weight excluding hydrogens is 246 g/mol. The highest BCUT2D eigenvalue weighted by Gasteiger charge is 2.08. The number of hydrogen-bond acceptors (Lipinski definition) is 4. The third-order valence-electron chi connectivity index (χ3n) is 2.75. The highest BCUT2D eigenvalue weighted by atomic mass is 32.2. The average molecular weight is 261 g/mol. The number of rotatable bonds is 3. The first-order valence-electron chi connectivity index (χ1n) is 5.57. The number of aromatic nitrogens is 2. The van der Waals surface area contributed by atoms with Crippen LogP contribution in [0.25, 0.3) is 11.3 Å². The summed E-state index contributed by atoms with van der Waals surface area (Å²) in [4.78, 5) is 12.7. The number of benzene rings is 1. The van der Waals surface area contributed by atoms with Crippen LogP contribution >= 0.6 is 11.8 Å². The zero-order valence-corrected chi connectivity index (χ0v) is 11.2. The van der Waals surface area contributed by atoms with Crippen molar-refractivity contribution in [2.45, 2.75) is 11.4 Å². The summed E-state index contributed by atoms with van der Waals surface area (Å²) in [7, 11) is 1.64. The van der Waals surface area contributed by atoms with E-state index >= 15 is 0 Å². The Morgan fingerprint density at radius 2 is 2.00 bits per heavy atom. The maximum Gasteiger partial charge on any atom is 0.266 e. The standard InChI is InChI=1S/C13H15N3OS/c1-16-12(17)7-10(8-14)13(15-16)9-3-5-11(18-2)6-4-9/h3-7H,8,14H2,1-2H3. The average Bonchev–Trinajstić information content (AvgIpc) is 2.41. The second kappa shape index (κ2) is 5.37. The van der Waals surface area contributed by atoms with Gasteiger partial charge in [-0.25, -0.2) is 4.68 Å². The Hall–Kier alpha value is -1.59. The quantitative estimate of drug-likeness (QED) is 0.853. The Labute approximate surface area is 110 Å². The van der Waals surface area contributed by atoms with Gasteiger partial charge in [-0.3, -0.25) is 4.79 Å². The van der Waals surface area contributed by atoms with Crippen molar-refractivity contribution in [2.75, 3.05) is 6.26 Å². The van der Waals surface area contributed by atoms with Crippen LogP contribution in [0.15, 0.2) is 40.0 Å². The molecule has 0 aliphatic carbocycles. The van der Waals surface area contributed by atoms with E-state index in [1.807, 2.05) is 30.5 Å². The first kappa shape index (κ1) is 12.9. The van der Waals surface area contributed by atoms with Crippen LogP contribution in [0.4, 0.5) is 0 Å². The van der Waals surface area contributed by atoms with E-state index in [1.165, 1.54) is 9.58 Å². The molecule has 2 N–H and O–H groups in total. The van der Waals surface area contributed by atoms with Gasteiger partial charge in [0, 0.05) is 30.1 Å². The molecule has 0 aliphatic rings. The Morgan fingerprint density at radius 1 is 1.33 bits per heavy atom.